The molecule has 0 saturated carbocycles. The molecule has 0 saturated heterocycles. The maximum absolute atomic E-state index is 9.11. The molecule has 0 amide bonds. The summed E-state index contributed by atoms with van der Waals surface area (Å²) in [6.07, 6.45) is 2.57. The summed E-state index contributed by atoms with van der Waals surface area (Å²) in [7, 11) is 0. The van der Waals surface area contributed by atoms with E-state index in [-0.39, 0.29) is 6.54 Å². The van der Waals surface area contributed by atoms with Crippen LogP contribution in [0.1, 0.15) is 26.2 Å². The van der Waals surface area contributed by atoms with Gasteiger partial charge in [-0.05, 0) is 12.8 Å². The monoisotopic (exact) mass is 132 g/mol. The lowest BCUT2D eigenvalue weighted by molar-refractivity contribution is 0.0448. The van der Waals surface area contributed by atoms with Crippen molar-refractivity contribution in [1.29, 1.82) is 0 Å². The molecular formula is C6H16N2O. The van der Waals surface area contributed by atoms with Crippen LogP contribution in [0.5, 0.6) is 0 Å². The Balaban J connectivity index is 3.33. The lowest BCUT2D eigenvalue weighted by Crippen LogP contribution is -2.46. The molecule has 0 heterocycles. The fraction of sp³-hybridized carbons (Fsp3) is 1.00. The van der Waals surface area contributed by atoms with Gasteiger partial charge in [-0.2, -0.15) is 0 Å². The van der Waals surface area contributed by atoms with Crippen molar-refractivity contribution in [3.63, 3.8) is 0 Å². The molecule has 0 fully saturated rings. The standard InChI is InChI=1S/C6H16N2O/c1-2-3-4-6(8,9)5-7/h9H,2-5,7-8H2,1H3. The number of nitrogens with two attached hydrogens (primary N) is 2. The third kappa shape index (κ3) is 4.39. The van der Waals surface area contributed by atoms with Gasteiger partial charge in [-0.1, -0.05) is 13.3 Å². The molecule has 0 aromatic heterocycles. The van der Waals surface area contributed by atoms with Crippen molar-refractivity contribution in [2.24, 2.45) is 11.5 Å². The summed E-state index contributed by atoms with van der Waals surface area (Å²) in [5, 5.41) is 9.11. The lowest BCUT2D eigenvalue weighted by Gasteiger charge is -2.19. The van der Waals surface area contributed by atoms with Gasteiger partial charge in [-0.25, -0.2) is 0 Å². The predicted octanol–water partition coefficient (Wildman–Crippen LogP) is -0.217. The normalized spacial score (nSPS) is 17.3. The molecule has 0 aliphatic carbocycles. The SMILES string of the molecule is CCCCC(N)(O)CN. The van der Waals surface area contributed by atoms with Crippen LogP contribution in [-0.4, -0.2) is 17.4 Å². The van der Waals surface area contributed by atoms with Crippen LogP contribution in [0.2, 0.25) is 0 Å². The first kappa shape index (κ1) is 8.88. The summed E-state index contributed by atoms with van der Waals surface area (Å²) in [5.41, 5.74) is 9.38. The van der Waals surface area contributed by atoms with E-state index in [2.05, 4.69) is 0 Å². The largest absolute Gasteiger partial charge is 0.375 e. The smallest absolute Gasteiger partial charge is 0.125 e. The highest BCUT2D eigenvalue weighted by Gasteiger charge is 2.16. The number of unbranched alkanes of at least 4 members (excludes halogenated alkanes) is 1. The fourth-order valence-corrected chi connectivity index (χ4v) is 0.585. The summed E-state index contributed by atoms with van der Waals surface area (Å²) < 4.78 is 0. The van der Waals surface area contributed by atoms with Gasteiger partial charge < -0.3 is 16.6 Å². The minimum absolute atomic E-state index is 0.146. The second kappa shape index (κ2) is 3.82. The Morgan fingerprint density at radius 1 is 1.56 bits per heavy atom. The molecule has 0 aromatic rings. The second-order valence-corrected chi connectivity index (χ2v) is 2.41. The summed E-state index contributed by atoms with van der Waals surface area (Å²) in [6.45, 7) is 2.19. The van der Waals surface area contributed by atoms with Crippen molar-refractivity contribution >= 4 is 0 Å². The molecule has 3 heteroatoms. The van der Waals surface area contributed by atoms with Crippen LogP contribution in [0.3, 0.4) is 0 Å². The van der Waals surface area contributed by atoms with E-state index < -0.39 is 5.72 Å². The van der Waals surface area contributed by atoms with Gasteiger partial charge in [0, 0.05) is 6.54 Å². The quantitative estimate of drug-likeness (QED) is 0.463. The molecule has 5 N–H and O–H groups in total. The van der Waals surface area contributed by atoms with Crippen molar-refractivity contribution in [2.75, 3.05) is 6.54 Å². The van der Waals surface area contributed by atoms with Gasteiger partial charge in [-0.3, -0.25) is 0 Å². The Hall–Kier alpha value is -0.120. The van der Waals surface area contributed by atoms with Gasteiger partial charge in [0.15, 0.2) is 0 Å². The Bertz CT molecular complexity index is 73.5. The van der Waals surface area contributed by atoms with E-state index in [1.165, 1.54) is 0 Å². The zero-order valence-electron chi connectivity index (χ0n) is 5.93. The molecule has 0 radical (unpaired) electrons. The highest BCUT2D eigenvalue weighted by Crippen LogP contribution is 2.04. The number of rotatable bonds is 4. The van der Waals surface area contributed by atoms with E-state index >= 15 is 0 Å². The zero-order valence-corrected chi connectivity index (χ0v) is 5.93. The molecule has 0 aliphatic rings. The Morgan fingerprint density at radius 2 is 2.11 bits per heavy atom. The van der Waals surface area contributed by atoms with Crippen LogP contribution in [0.25, 0.3) is 0 Å². The van der Waals surface area contributed by atoms with Gasteiger partial charge in [0.25, 0.3) is 0 Å². The van der Waals surface area contributed by atoms with Gasteiger partial charge in [0.1, 0.15) is 5.72 Å². The van der Waals surface area contributed by atoms with Gasteiger partial charge >= 0.3 is 0 Å². The first-order valence-corrected chi connectivity index (χ1v) is 3.33. The molecule has 0 aromatic carbocycles. The number of aliphatic hydroxyl groups is 1. The average Bonchev–Trinajstić information content (AvgIpc) is 1.84. The van der Waals surface area contributed by atoms with Crippen molar-refractivity contribution in [3.05, 3.63) is 0 Å². The first-order chi connectivity index (χ1) is 4.12. The summed E-state index contributed by atoms with van der Waals surface area (Å²) in [4.78, 5) is 0. The molecule has 0 aliphatic heterocycles. The van der Waals surface area contributed by atoms with E-state index in [0.29, 0.717) is 6.42 Å². The number of hydrogen-bond donors (Lipinski definition) is 3. The van der Waals surface area contributed by atoms with Crippen LogP contribution in [0.4, 0.5) is 0 Å². The molecule has 9 heavy (non-hydrogen) atoms. The molecule has 3 nitrogen and oxygen atoms in total. The number of hydrogen-bond acceptors (Lipinski definition) is 3. The lowest BCUT2D eigenvalue weighted by atomic mass is 10.1. The van der Waals surface area contributed by atoms with Crippen molar-refractivity contribution in [2.45, 2.75) is 31.9 Å². The Morgan fingerprint density at radius 3 is 2.44 bits per heavy atom. The van der Waals surface area contributed by atoms with Crippen molar-refractivity contribution in [3.8, 4) is 0 Å². The molecular weight excluding hydrogens is 116 g/mol. The van der Waals surface area contributed by atoms with E-state index in [0.717, 1.165) is 12.8 Å². The van der Waals surface area contributed by atoms with Crippen molar-refractivity contribution in [1.82, 2.24) is 0 Å². The summed E-state index contributed by atoms with van der Waals surface area (Å²) >= 11 is 0. The zero-order chi connectivity index (χ0) is 7.33. The van der Waals surface area contributed by atoms with Crippen LogP contribution in [0.15, 0.2) is 0 Å². The van der Waals surface area contributed by atoms with E-state index in [1.54, 1.807) is 0 Å². The second-order valence-electron chi connectivity index (χ2n) is 2.41. The Labute approximate surface area is 56.0 Å². The Kier molecular flexibility index (Phi) is 3.77. The molecule has 0 bridgehead atoms. The highest BCUT2D eigenvalue weighted by molar-refractivity contribution is 4.70. The first-order valence-electron chi connectivity index (χ1n) is 3.33. The fourth-order valence-electron chi connectivity index (χ4n) is 0.585. The third-order valence-electron chi connectivity index (χ3n) is 1.32. The topological polar surface area (TPSA) is 72.3 Å². The molecule has 56 valence electrons. The van der Waals surface area contributed by atoms with Crippen LogP contribution < -0.4 is 11.5 Å². The minimum Gasteiger partial charge on any atom is -0.375 e. The molecule has 0 spiro atoms. The van der Waals surface area contributed by atoms with Gasteiger partial charge in [0.05, 0.1) is 0 Å². The van der Waals surface area contributed by atoms with Crippen molar-refractivity contribution < 1.29 is 5.11 Å². The van der Waals surface area contributed by atoms with E-state index in [1.807, 2.05) is 6.92 Å². The van der Waals surface area contributed by atoms with Crippen LogP contribution in [0, 0.1) is 0 Å². The minimum atomic E-state index is -1.13. The molecule has 1 atom stereocenters. The maximum atomic E-state index is 9.11. The predicted molar refractivity (Wildman–Crippen MR) is 37.7 cm³/mol. The third-order valence-corrected chi connectivity index (χ3v) is 1.32. The van der Waals surface area contributed by atoms with Crippen LogP contribution >= 0.6 is 0 Å². The van der Waals surface area contributed by atoms with E-state index in [9.17, 15) is 0 Å². The summed E-state index contributed by atoms with van der Waals surface area (Å²) in [5.74, 6) is 0. The molecule has 0 rings (SSSR count). The van der Waals surface area contributed by atoms with Gasteiger partial charge in [0.2, 0.25) is 0 Å². The molecule has 1 unspecified atom stereocenters. The maximum Gasteiger partial charge on any atom is 0.125 e. The summed E-state index contributed by atoms with van der Waals surface area (Å²) in [6, 6.07) is 0. The van der Waals surface area contributed by atoms with Gasteiger partial charge in [-0.15, -0.1) is 0 Å². The van der Waals surface area contributed by atoms with Crippen LogP contribution in [-0.2, 0) is 0 Å². The van der Waals surface area contributed by atoms with E-state index in [4.69, 9.17) is 16.6 Å². The highest BCUT2D eigenvalue weighted by atomic mass is 16.3. The average molecular weight is 132 g/mol.